The zero-order valence-corrected chi connectivity index (χ0v) is 12.4. The first-order valence-electron chi connectivity index (χ1n) is 7.02. The van der Waals surface area contributed by atoms with Gasteiger partial charge in [-0.1, -0.05) is 45.6 Å². The lowest BCUT2D eigenvalue weighted by Crippen LogP contribution is -2.26. The fraction of sp³-hybridized carbons (Fsp3) is 0.733. The van der Waals surface area contributed by atoms with Gasteiger partial charge < -0.3 is 9.47 Å². The largest absolute Gasteiger partial charge is 0.463 e. The summed E-state index contributed by atoms with van der Waals surface area (Å²) in [5.41, 5.74) is 0.274. The van der Waals surface area contributed by atoms with E-state index in [2.05, 4.69) is 13.5 Å². The third-order valence-corrected chi connectivity index (χ3v) is 2.71. The van der Waals surface area contributed by atoms with E-state index in [1.807, 2.05) is 0 Å². The topological polar surface area (TPSA) is 52.6 Å². The van der Waals surface area contributed by atoms with E-state index in [4.69, 9.17) is 9.47 Å². The van der Waals surface area contributed by atoms with Gasteiger partial charge in [-0.2, -0.15) is 0 Å². The van der Waals surface area contributed by atoms with Crippen LogP contribution in [0.3, 0.4) is 0 Å². The Labute approximate surface area is 116 Å². The van der Waals surface area contributed by atoms with Crippen LogP contribution in [-0.4, -0.2) is 24.6 Å². The number of unbranched alkanes of at least 4 members (excludes halogenated alkanes) is 5. The first-order valence-corrected chi connectivity index (χ1v) is 7.02. The van der Waals surface area contributed by atoms with E-state index < -0.39 is 18.0 Å². The van der Waals surface area contributed by atoms with Gasteiger partial charge >= 0.3 is 11.9 Å². The Balaban J connectivity index is 3.62. The molecule has 0 aliphatic heterocycles. The van der Waals surface area contributed by atoms with Crippen LogP contribution in [0.15, 0.2) is 12.2 Å². The van der Waals surface area contributed by atoms with Gasteiger partial charge in [0.05, 0.1) is 6.61 Å². The molecule has 0 rings (SSSR count). The number of esters is 2. The van der Waals surface area contributed by atoms with Crippen LogP contribution in [0.5, 0.6) is 0 Å². The fourth-order valence-electron chi connectivity index (χ4n) is 1.48. The molecule has 0 aromatic rings. The summed E-state index contributed by atoms with van der Waals surface area (Å²) in [6.45, 7) is 9.06. The molecule has 0 amide bonds. The molecule has 0 saturated heterocycles. The summed E-state index contributed by atoms with van der Waals surface area (Å²) in [6.07, 6.45) is 5.94. The third-order valence-electron chi connectivity index (χ3n) is 2.71. The van der Waals surface area contributed by atoms with Crippen molar-refractivity contribution in [1.29, 1.82) is 0 Å². The molecule has 0 N–H and O–H groups in total. The Morgan fingerprint density at radius 3 is 2.26 bits per heavy atom. The average molecular weight is 270 g/mol. The van der Waals surface area contributed by atoms with E-state index in [-0.39, 0.29) is 5.57 Å². The molecule has 0 radical (unpaired) electrons. The number of ether oxygens (including phenoxy) is 2. The summed E-state index contributed by atoms with van der Waals surface area (Å²) < 4.78 is 9.92. The fourth-order valence-corrected chi connectivity index (χ4v) is 1.48. The second-order valence-corrected chi connectivity index (χ2v) is 4.76. The highest BCUT2D eigenvalue weighted by atomic mass is 16.6. The van der Waals surface area contributed by atoms with Crippen molar-refractivity contribution in [2.24, 2.45) is 0 Å². The summed E-state index contributed by atoms with van der Waals surface area (Å²) in [7, 11) is 0. The summed E-state index contributed by atoms with van der Waals surface area (Å²) in [6, 6.07) is 0. The lowest BCUT2D eigenvalue weighted by atomic mass is 10.1. The van der Waals surface area contributed by atoms with Crippen molar-refractivity contribution in [2.45, 2.75) is 65.4 Å². The maximum absolute atomic E-state index is 11.5. The Morgan fingerprint density at radius 2 is 1.68 bits per heavy atom. The molecule has 0 spiro atoms. The van der Waals surface area contributed by atoms with Gasteiger partial charge in [0.15, 0.2) is 6.10 Å². The van der Waals surface area contributed by atoms with Crippen LogP contribution < -0.4 is 0 Å². The van der Waals surface area contributed by atoms with Gasteiger partial charge in [0.25, 0.3) is 0 Å². The predicted octanol–water partition coefficient (Wildman–Crippen LogP) is 3.40. The molecule has 1 atom stereocenters. The number of hydrogen-bond acceptors (Lipinski definition) is 4. The van der Waals surface area contributed by atoms with Crippen molar-refractivity contribution in [3.8, 4) is 0 Å². The molecule has 4 heteroatoms. The molecule has 0 bridgehead atoms. The first kappa shape index (κ1) is 17.7. The third kappa shape index (κ3) is 9.28. The second kappa shape index (κ2) is 10.6. The highest BCUT2D eigenvalue weighted by Crippen LogP contribution is 2.06. The Bertz CT molecular complexity index is 297. The maximum atomic E-state index is 11.5. The van der Waals surface area contributed by atoms with E-state index in [0.29, 0.717) is 6.61 Å². The van der Waals surface area contributed by atoms with Gasteiger partial charge in [0.1, 0.15) is 0 Å². The molecule has 0 aromatic heterocycles. The van der Waals surface area contributed by atoms with Crippen molar-refractivity contribution in [2.75, 3.05) is 6.61 Å². The highest BCUT2D eigenvalue weighted by molar-refractivity contribution is 5.89. The Morgan fingerprint density at radius 1 is 1.11 bits per heavy atom. The molecular formula is C15H26O4. The van der Waals surface area contributed by atoms with Gasteiger partial charge in [-0.3, -0.25) is 0 Å². The van der Waals surface area contributed by atoms with E-state index in [9.17, 15) is 9.59 Å². The Kier molecular flexibility index (Phi) is 9.85. The van der Waals surface area contributed by atoms with Crippen LogP contribution in [0.4, 0.5) is 0 Å². The minimum Gasteiger partial charge on any atom is -0.463 e. The molecule has 110 valence electrons. The standard InChI is InChI=1S/C15H26O4/c1-5-6-7-8-9-10-11-18-15(17)13(4)19-14(16)12(2)3/h13H,2,5-11H2,1,3-4H3. The summed E-state index contributed by atoms with van der Waals surface area (Å²) in [4.78, 5) is 22.7. The van der Waals surface area contributed by atoms with Crippen molar-refractivity contribution in [3.05, 3.63) is 12.2 Å². The molecule has 4 nitrogen and oxygen atoms in total. The van der Waals surface area contributed by atoms with E-state index >= 15 is 0 Å². The van der Waals surface area contributed by atoms with Gasteiger partial charge in [-0.15, -0.1) is 0 Å². The average Bonchev–Trinajstić information content (AvgIpc) is 2.37. The van der Waals surface area contributed by atoms with Crippen molar-refractivity contribution in [3.63, 3.8) is 0 Å². The van der Waals surface area contributed by atoms with Crippen LogP contribution >= 0.6 is 0 Å². The SMILES string of the molecule is C=C(C)C(=O)OC(C)C(=O)OCCCCCCCC. The Hall–Kier alpha value is -1.32. The van der Waals surface area contributed by atoms with Crippen LogP contribution in [-0.2, 0) is 19.1 Å². The molecule has 0 saturated carbocycles. The molecule has 0 aliphatic carbocycles. The molecule has 0 aliphatic rings. The monoisotopic (exact) mass is 270 g/mol. The summed E-state index contributed by atoms with van der Waals surface area (Å²) in [5.74, 6) is -1.06. The lowest BCUT2D eigenvalue weighted by molar-refractivity contribution is -0.164. The summed E-state index contributed by atoms with van der Waals surface area (Å²) in [5, 5.41) is 0. The molecule has 0 fully saturated rings. The molecule has 0 heterocycles. The quantitative estimate of drug-likeness (QED) is 0.347. The van der Waals surface area contributed by atoms with E-state index in [0.717, 1.165) is 12.8 Å². The lowest BCUT2D eigenvalue weighted by Gasteiger charge is -2.12. The number of carbonyl (C=O) groups excluding carboxylic acids is 2. The highest BCUT2D eigenvalue weighted by Gasteiger charge is 2.19. The molecule has 0 aromatic carbocycles. The van der Waals surface area contributed by atoms with Crippen LogP contribution in [0, 0.1) is 0 Å². The number of carbonyl (C=O) groups is 2. The van der Waals surface area contributed by atoms with Gasteiger partial charge in [0.2, 0.25) is 0 Å². The maximum Gasteiger partial charge on any atom is 0.347 e. The molecular weight excluding hydrogens is 244 g/mol. The summed E-state index contributed by atoms with van der Waals surface area (Å²) >= 11 is 0. The normalized spacial score (nSPS) is 11.7. The predicted molar refractivity (Wildman–Crippen MR) is 74.7 cm³/mol. The minimum absolute atomic E-state index is 0.274. The number of hydrogen-bond donors (Lipinski definition) is 0. The van der Waals surface area contributed by atoms with Crippen molar-refractivity contribution < 1.29 is 19.1 Å². The van der Waals surface area contributed by atoms with Crippen LogP contribution in [0.1, 0.15) is 59.3 Å². The van der Waals surface area contributed by atoms with Gasteiger partial charge in [-0.05, 0) is 20.3 Å². The van der Waals surface area contributed by atoms with E-state index in [1.54, 1.807) is 0 Å². The molecule has 1 unspecified atom stereocenters. The van der Waals surface area contributed by atoms with E-state index in [1.165, 1.54) is 39.5 Å². The van der Waals surface area contributed by atoms with Gasteiger partial charge in [-0.25, -0.2) is 9.59 Å². The zero-order chi connectivity index (χ0) is 14.7. The van der Waals surface area contributed by atoms with Gasteiger partial charge in [0, 0.05) is 5.57 Å². The smallest absolute Gasteiger partial charge is 0.347 e. The van der Waals surface area contributed by atoms with Crippen molar-refractivity contribution >= 4 is 11.9 Å². The number of rotatable bonds is 10. The van der Waals surface area contributed by atoms with Crippen LogP contribution in [0.2, 0.25) is 0 Å². The first-order chi connectivity index (χ1) is 8.99. The van der Waals surface area contributed by atoms with Crippen molar-refractivity contribution in [1.82, 2.24) is 0 Å². The van der Waals surface area contributed by atoms with Crippen LogP contribution in [0.25, 0.3) is 0 Å². The minimum atomic E-state index is -0.871. The molecule has 19 heavy (non-hydrogen) atoms. The zero-order valence-electron chi connectivity index (χ0n) is 12.4. The second-order valence-electron chi connectivity index (χ2n) is 4.76.